The van der Waals surface area contributed by atoms with Gasteiger partial charge in [0.2, 0.25) is 0 Å². The van der Waals surface area contributed by atoms with E-state index in [1.807, 2.05) is 68.4 Å². The second kappa shape index (κ2) is 8.70. The van der Waals surface area contributed by atoms with E-state index < -0.39 is 0 Å². The fourth-order valence-corrected chi connectivity index (χ4v) is 4.47. The van der Waals surface area contributed by atoms with E-state index in [9.17, 15) is 4.79 Å². The van der Waals surface area contributed by atoms with E-state index in [0.29, 0.717) is 28.2 Å². The molecule has 0 bridgehead atoms. The smallest absolute Gasteiger partial charge is 0.263 e. The lowest BCUT2D eigenvalue weighted by Crippen LogP contribution is -2.26. The monoisotopic (exact) mass is 474 g/mol. The highest BCUT2D eigenvalue weighted by Crippen LogP contribution is 2.30. The Morgan fingerprint density at radius 1 is 0.944 bits per heavy atom. The van der Waals surface area contributed by atoms with Gasteiger partial charge in [-0.3, -0.25) is 9.36 Å². The Kier molecular flexibility index (Phi) is 5.22. The van der Waals surface area contributed by atoms with Gasteiger partial charge in [0.15, 0.2) is 11.5 Å². The summed E-state index contributed by atoms with van der Waals surface area (Å²) in [5, 5.41) is 4.89. The van der Waals surface area contributed by atoms with Crippen LogP contribution in [0.2, 0.25) is 0 Å². The minimum absolute atomic E-state index is 0.118. The molecule has 4 heterocycles. The minimum Gasteiger partial charge on any atom is -0.360 e. The maximum absolute atomic E-state index is 14.2. The van der Waals surface area contributed by atoms with Crippen molar-refractivity contribution in [3.05, 3.63) is 102 Å². The standard InChI is InChI=1S/C27H22N8O/c1-16(34-26-24-25(31-14-30-24)32-15-33-26)22-11-18-7-6-10-21(19-12-28-17(2)29-13-19)23(18)27(36)35(22)20-8-4-3-5-9-20/h3-16H,1-2H3,(H2,30,31,32,33,34). The van der Waals surface area contributed by atoms with Gasteiger partial charge in [-0.05, 0) is 43.0 Å². The molecule has 0 aliphatic heterocycles. The van der Waals surface area contributed by atoms with Gasteiger partial charge in [-0.2, -0.15) is 0 Å². The van der Waals surface area contributed by atoms with E-state index >= 15 is 0 Å². The van der Waals surface area contributed by atoms with Crippen molar-refractivity contribution in [3.8, 4) is 16.8 Å². The molecule has 176 valence electrons. The second-order valence-electron chi connectivity index (χ2n) is 8.52. The van der Waals surface area contributed by atoms with Crippen LogP contribution in [0.15, 0.2) is 84.4 Å². The molecule has 0 saturated carbocycles. The van der Waals surface area contributed by atoms with Crippen molar-refractivity contribution in [1.29, 1.82) is 0 Å². The van der Waals surface area contributed by atoms with Gasteiger partial charge in [0.1, 0.15) is 17.7 Å². The molecule has 0 radical (unpaired) electrons. The summed E-state index contributed by atoms with van der Waals surface area (Å²) in [5.74, 6) is 1.29. The molecule has 6 rings (SSSR count). The number of fused-ring (bicyclic) bond motifs is 2. The van der Waals surface area contributed by atoms with Gasteiger partial charge in [-0.1, -0.05) is 36.4 Å². The molecule has 2 aromatic carbocycles. The number of aryl methyl sites for hydroxylation is 1. The van der Waals surface area contributed by atoms with E-state index in [2.05, 4.69) is 35.2 Å². The molecule has 9 heteroatoms. The summed E-state index contributed by atoms with van der Waals surface area (Å²) >= 11 is 0. The number of aromatic amines is 1. The first-order chi connectivity index (χ1) is 17.6. The molecule has 0 spiro atoms. The van der Waals surface area contributed by atoms with Crippen LogP contribution in [0.1, 0.15) is 24.5 Å². The van der Waals surface area contributed by atoms with Crippen molar-refractivity contribution in [2.75, 3.05) is 5.32 Å². The molecule has 1 atom stereocenters. The predicted octanol–water partition coefficient (Wildman–Crippen LogP) is 4.60. The third kappa shape index (κ3) is 3.67. The average molecular weight is 475 g/mol. The van der Waals surface area contributed by atoms with Crippen LogP contribution >= 0.6 is 0 Å². The Bertz CT molecular complexity index is 1760. The minimum atomic E-state index is -0.268. The molecule has 0 saturated heterocycles. The Morgan fingerprint density at radius 2 is 1.75 bits per heavy atom. The molecule has 9 nitrogen and oxygen atoms in total. The van der Waals surface area contributed by atoms with Crippen molar-refractivity contribution in [2.24, 2.45) is 0 Å². The van der Waals surface area contributed by atoms with Crippen LogP contribution in [-0.4, -0.2) is 34.5 Å². The number of aromatic nitrogens is 7. The van der Waals surface area contributed by atoms with E-state index in [0.717, 1.165) is 27.9 Å². The number of para-hydroxylation sites is 1. The van der Waals surface area contributed by atoms with Gasteiger partial charge >= 0.3 is 0 Å². The maximum atomic E-state index is 14.2. The van der Waals surface area contributed by atoms with Crippen LogP contribution in [0.25, 0.3) is 38.8 Å². The zero-order chi connectivity index (χ0) is 24.6. The SMILES string of the molecule is Cc1ncc(-c2cccc3cc(C(C)Nc4ncnc5nc[nH]c45)n(-c4ccccc4)c(=O)c23)cn1. The predicted molar refractivity (Wildman–Crippen MR) is 139 cm³/mol. The number of pyridine rings is 1. The molecular weight excluding hydrogens is 452 g/mol. The van der Waals surface area contributed by atoms with E-state index in [1.165, 1.54) is 6.33 Å². The van der Waals surface area contributed by atoms with Gasteiger partial charge in [0.25, 0.3) is 5.56 Å². The lowest BCUT2D eigenvalue weighted by atomic mass is 9.99. The van der Waals surface area contributed by atoms with Gasteiger partial charge in [0, 0.05) is 29.3 Å². The van der Waals surface area contributed by atoms with Crippen molar-refractivity contribution in [1.82, 2.24) is 34.5 Å². The Morgan fingerprint density at radius 3 is 2.56 bits per heavy atom. The quantitative estimate of drug-likeness (QED) is 0.375. The summed E-state index contributed by atoms with van der Waals surface area (Å²) < 4.78 is 1.75. The summed E-state index contributed by atoms with van der Waals surface area (Å²) in [6, 6.07) is 17.3. The van der Waals surface area contributed by atoms with Crippen molar-refractivity contribution in [3.63, 3.8) is 0 Å². The molecule has 4 aromatic heterocycles. The third-order valence-corrected chi connectivity index (χ3v) is 6.20. The first kappa shape index (κ1) is 21.6. The normalized spacial score (nSPS) is 12.2. The summed E-state index contributed by atoms with van der Waals surface area (Å²) in [6.45, 7) is 3.84. The van der Waals surface area contributed by atoms with Crippen LogP contribution in [0.5, 0.6) is 0 Å². The van der Waals surface area contributed by atoms with Crippen molar-refractivity contribution in [2.45, 2.75) is 19.9 Å². The molecule has 0 aliphatic rings. The first-order valence-corrected chi connectivity index (χ1v) is 11.5. The van der Waals surface area contributed by atoms with E-state index in [-0.39, 0.29) is 11.6 Å². The average Bonchev–Trinajstić information content (AvgIpc) is 3.39. The number of imidazole rings is 1. The van der Waals surface area contributed by atoms with Gasteiger partial charge in [-0.25, -0.2) is 24.9 Å². The highest BCUT2D eigenvalue weighted by atomic mass is 16.1. The van der Waals surface area contributed by atoms with Crippen molar-refractivity contribution >= 4 is 27.8 Å². The number of hydrogen-bond donors (Lipinski definition) is 2. The number of nitrogens with zero attached hydrogens (tertiary/aromatic N) is 6. The number of hydrogen-bond acceptors (Lipinski definition) is 7. The van der Waals surface area contributed by atoms with Crippen LogP contribution < -0.4 is 10.9 Å². The van der Waals surface area contributed by atoms with Crippen LogP contribution in [-0.2, 0) is 0 Å². The van der Waals surface area contributed by atoms with Gasteiger partial charge < -0.3 is 10.3 Å². The number of anilines is 1. The third-order valence-electron chi connectivity index (χ3n) is 6.20. The second-order valence-corrected chi connectivity index (χ2v) is 8.52. The largest absolute Gasteiger partial charge is 0.360 e. The molecular formula is C27H22N8O. The Hall–Kier alpha value is -4.92. The first-order valence-electron chi connectivity index (χ1n) is 11.5. The maximum Gasteiger partial charge on any atom is 0.263 e. The van der Waals surface area contributed by atoms with Gasteiger partial charge in [-0.15, -0.1) is 0 Å². The molecule has 1 unspecified atom stereocenters. The Labute approximate surface area is 206 Å². The number of rotatable bonds is 5. The molecule has 2 N–H and O–H groups in total. The highest BCUT2D eigenvalue weighted by Gasteiger charge is 2.20. The number of nitrogens with one attached hydrogen (secondary N) is 2. The molecule has 6 aromatic rings. The number of H-pyrrole nitrogens is 1. The number of benzene rings is 2. The van der Waals surface area contributed by atoms with Crippen molar-refractivity contribution < 1.29 is 0 Å². The van der Waals surface area contributed by atoms with Gasteiger partial charge in [0.05, 0.1) is 17.8 Å². The molecule has 0 aliphatic carbocycles. The van der Waals surface area contributed by atoms with E-state index in [4.69, 9.17) is 0 Å². The Balaban J connectivity index is 1.57. The molecule has 0 amide bonds. The fraction of sp³-hybridized carbons (Fsp3) is 0.111. The summed E-state index contributed by atoms with van der Waals surface area (Å²) in [5.41, 5.74) is 4.32. The topological polar surface area (TPSA) is 114 Å². The summed E-state index contributed by atoms with van der Waals surface area (Å²) in [7, 11) is 0. The van der Waals surface area contributed by atoms with E-state index in [1.54, 1.807) is 23.3 Å². The molecule has 0 fully saturated rings. The fourth-order valence-electron chi connectivity index (χ4n) is 4.47. The lowest BCUT2D eigenvalue weighted by molar-refractivity contribution is 0.774. The highest BCUT2D eigenvalue weighted by molar-refractivity contribution is 5.96. The lowest BCUT2D eigenvalue weighted by Gasteiger charge is -2.22. The van der Waals surface area contributed by atoms with Crippen LogP contribution in [0, 0.1) is 6.92 Å². The molecule has 36 heavy (non-hydrogen) atoms. The zero-order valence-corrected chi connectivity index (χ0v) is 19.7. The van der Waals surface area contributed by atoms with Crippen LogP contribution in [0.3, 0.4) is 0 Å². The zero-order valence-electron chi connectivity index (χ0n) is 19.7. The van der Waals surface area contributed by atoms with Crippen LogP contribution in [0.4, 0.5) is 5.82 Å². The summed E-state index contributed by atoms with van der Waals surface area (Å²) in [4.78, 5) is 38.7. The summed E-state index contributed by atoms with van der Waals surface area (Å²) in [6.07, 6.45) is 6.57.